The van der Waals surface area contributed by atoms with Crippen LogP contribution in [0.15, 0.2) is 47.5 Å². The Labute approximate surface area is 169 Å². The summed E-state index contributed by atoms with van der Waals surface area (Å²) in [6.07, 6.45) is -0.280. The summed E-state index contributed by atoms with van der Waals surface area (Å²) >= 11 is 0. The molecule has 0 spiro atoms. The van der Waals surface area contributed by atoms with Gasteiger partial charge >= 0.3 is 5.97 Å². The number of guanidine groups is 1. The Balaban J connectivity index is 1.90. The molecule has 29 heavy (non-hydrogen) atoms. The zero-order valence-electron chi connectivity index (χ0n) is 17.0. The SMILES string of the molecule is CN=C(NCc1ccc(OC)c(C(=O)OC)c1)NCC(C)Oc1ccccc1F. The van der Waals surface area contributed by atoms with Gasteiger partial charge in [0.1, 0.15) is 17.4 Å². The summed E-state index contributed by atoms with van der Waals surface area (Å²) in [5.74, 6) is 0.332. The van der Waals surface area contributed by atoms with Gasteiger partial charge in [0.2, 0.25) is 0 Å². The van der Waals surface area contributed by atoms with Crippen molar-refractivity contribution in [3.63, 3.8) is 0 Å². The van der Waals surface area contributed by atoms with Crippen LogP contribution in [0.1, 0.15) is 22.8 Å². The van der Waals surface area contributed by atoms with Crippen LogP contribution in [-0.2, 0) is 11.3 Å². The number of benzene rings is 2. The molecule has 1 atom stereocenters. The van der Waals surface area contributed by atoms with Gasteiger partial charge in [0, 0.05) is 13.6 Å². The number of hydrogen-bond donors (Lipinski definition) is 2. The maximum atomic E-state index is 13.7. The smallest absolute Gasteiger partial charge is 0.341 e. The van der Waals surface area contributed by atoms with Gasteiger partial charge in [-0.1, -0.05) is 18.2 Å². The molecule has 2 N–H and O–H groups in total. The van der Waals surface area contributed by atoms with Crippen LogP contribution in [-0.4, -0.2) is 45.8 Å². The highest BCUT2D eigenvalue weighted by Crippen LogP contribution is 2.21. The molecule has 0 saturated heterocycles. The number of carbonyl (C=O) groups is 1. The van der Waals surface area contributed by atoms with Crippen LogP contribution in [0.25, 0.3) is 0 Å². The van der Waals surface area contributed by atoms with Crippen molar-refractivity contribution in [2.75, 3.05) is 27.8 Å². The lowest BCUT2D eigenvalue weighted by Crippen LogP contribution is -2.41. The number of nitrogens with zero attached hydrogens (tertiary/aromatic N) is 1. The topological polar surface area (TPSA) is 81.2 Å². The molecule has 2 rings (SSSR count). The molecule has 0 heterocycles. The van der Waals surface area contributed by atoms with Gasteiger partial charge in [0.15, 0.2) is 17.5 Å². The summed E-state index contributed by atoms with van der Waals surface area (Å²) in [6, 6.07) is 11.5. The van der Waals surface area contributed by atoms with Gasteiger partial charge in [-0.05, 0) is 36.8 Å². The van der Waals surface area contributed by atoms with Crippen LogP contribution < -0.4 is 20.1 Å². The molecule has 2 aromatic carbocycles. The molecule has 0 radical (unpaired) electrons. The normalized spacial score (nSPS) is 12.1. The number of nitrogens with one attached hydrogen (secondary N) is 2. The fourth-order valence-corrected chi connectivity index (χ4v) is 2.58. The molecule has 0 bridgehead atoms. The molecule has 8 heteroatoms. The first-order valence-electron chi connectivity index (χ1n) is 9.09. The second-order valence-electron chi connectivity index (χ2n) is 6.19. The predicted molar refractivity (Wildman–Crippen MR) is 109 cm³/mol. The number of halogens is 1. The monoisotopic (exact) mass is 403 g/mol. The van der Waals surface area contributed by atoms with Crippen molar-refractivity contribution in [3.05, 3.63) is 59.4 Å². The first-order chi connectivity index (χ1) is 14.0. The van der Waals surface area contributed by atoms with E-state index in [1.807, 2.05) is 13.0 Å². The Morgan fingerprint density at radius 3 is 2.55 bits per heavy atom. The van der Waals surface area contributed by atoms with Crippen LogP contribution in [0.4, 0.5) is 4.39 Å². The maximum absolute atomic E-state index is 13.7. The van der Waals surface area contributed by atoms with E-state index >= 15 is 0 Å². The molecule has 0 aliphatic heterocycles. The average molecular weight is 403 g/mol. The lowest BCUT2D eigenvalue weighted by atomic mass is 10.1. The third kappa shape index (κ3) is 6.38. The van der Waals surface area contributed by atoms with Crippen molar-refractivity contribution in [2.45, 2.75) is 19.6 Å². The molecule has 156 valence electrons. The van der Waals surface area contributed by atoms with Crippen LogP contribution >= 0.6 is 0 Å². The average Bonchev–Trinajstić information content (AvgIpc) is 2.74. The van der Waals surface area contributed by atoms with Crippen molar-refractivity contribution in [3.8, 4) is 11.5 Å². The van der Waals surface area contributed by atoms with Crippen molar-refractivity contribution >= 4 is 11.9 Å². The second kappa shape index (κ2) is 10.9. The van der Waals surface area contributed by atoms with Gasteiger partial charge in [-0.2, -0.15) is 0 Å². The molecule has 1 unspecified atom stereocenters. The van der Waals surface area contributed by atoms with Crippen LogP contribution in [0.2, 0.25) is 0 Å². The summed E-state index contributed by atoms with van der Waals surface area (Å²) < 4.78 is 29.2. The fraction of sp³-hybridized carbons (Fsp3) is 0.333. The van der Waals surface area contributed by atoms with Gasteiger partial charge in [-0.15, -0.1) is 0 Å². The highest BCUT2D eigenvalue weighted by Gasteiger charge is 2.14. The number of ether oxygens (including phenoxy) is 3. The number of rotatable bonds is 8. The van der Waals surface area contributed by atoms with Crippen LogP contribution in [0.3, 0.4) is 0 Å². The number of esters is 1. The highest BCUT2D eigenvalue weighted by atomic mass is 19.1. The quantitative estimate of drug-likeness (QED) is 0.401. The molecule has 0 saturated carbocycles. The lowest BCUT2D eigenvalue weighted by Gasteiger charge is -2.18. The summed E-state index contributed by atoms with van der Waals surface area (Å²) in [6.45, 7) is 2.68. The molecule has 0 amide bonds. The second-order valence-corrected chi connectivity index (χ2v) is 6.19. The largest absolute Gasteiger partial charge is 0.496 e. The third-order valence-electron chi connectivity index (χ3n) is 4.07. The number of aliphatic imine (C=N–C) groups is 1. The van der Waals surface area contributed by atoms with E-state index in [-0.39, 0.29) is 11.9 Å². The highest BCUT2D eigenvalue weighted by molar-refractivity contribution is 5.92. The molecule has 0 fully saturated rings. The summed E-state index contributed by atoms with van der Waals surface area (Å²) in [4.78, 5) is 16.0. The summed E-state index contributed by atoms with van der Waals surface area (Å²) in [7, 11) is 4.46. The van der Waals surface area contributed by atoms with E-state index < -0.39 is 11.8 Å². The van der Waals surface area contributed by atoms with E-state index in [9.17, 15) is 9.18 Å². The van der Waals surface area contributed by atoms with Gasteiger partial charge in [0.25, 0.3) is 0 Å². The molecule has 2 aromatic rings. The molecule has 0 aliphatic carbocycles. The van der Waals surface area contributed by atoms with Gasteiger partial charge in [0.05, 0.1) is 20.8 Å². The Morgan fingerprint density at radius 1 is 1.14 bits per heavy atom. The van der Waals surface area contributed by atoms with E-state index in [1.54, 1.807) is 37.4 Å². The van der Waals surface area contributed by atoms with Gasteiger partial charge in [-0.25, -0.2) is 9.18 Å². The van der Waals surface area contributed by atoms with Crippen molar-refractivity contribution in [1.82, 2.24) is 10.6 Å². The molecular formula is C21H26FN3O4. The first kappa shape index (κ1) is 22.0. The van der Waals surface area contributed by atoms with E-state index in [0.717, 1.165) is 5.56 Å². The van der Waals surface area contributed by atoms with E-state index in [0.29, 0.717) is 30.4 Å². The zero-order valence-corrected chi connectivity index (χ0v) is 17.0. The zero-order chi connectivity index (χ0) is 21.2. The molecule has 7 nitrogen and oxygen atoms in total. The van der Waals surface area contributed by atoms with E-state index in [2.05, 4.69) is 15.6 Å². The molecule has 0 aliphatic rings. The standard InChI is InChI=1S/C21H26FN3O4/c1-14(29-19-8-6-5-7-17(19)22)12-24-21(23-2)25-13-15-9-10-18(27-3)16(11-15)20(26)28-4/h5-11,14H,12-13H2,1-4H3,(H2,23,24,25). The maximum Gasteiger partial charge on any atom is 0.341 e. The van der Waals surface area contributed by atoms with Crippen LogP contribution in [0, 0.1) is 5.82 Å². The first-order valence-corrected chi connectivity index (χ1v) is 9.09. The predicted octanol–water partition coefficient (Wildman–Crippen LogP) is 2.75. The lowest BCUT2D eigenvalue weighted by molar-refractivity contribution is 0.0597. The minimum Gasteiger partial charge on any atom is -0.496 e. The van der Waals surface area contributed by atoms with Crippen molar-refractivity contribution < 1.29 is 23.4 Å². The van der Waals surface area contributed by atoms with Crippen LogP contribution in [0.5, 0.6) is 11.5 Å². The Morgan fingerprint density at radius 2 is 1.90 bits per heavy atom. The van der Waals surface area contributed by atoms with Crippen molar-refractivity contribution in [2.24, 2.45) is 4.99 Å². The number of methoxy groups -OCH3 is 2. The number of carbonyl (C=O) groups excluding carboxylic acids is 1. The Kier molecular flexibility index (Phi) is 8.27. The minimum absolute atomic E-state index is 0.207. The minimum atomic E-state index is -0.467. The van der Waals surface area contributed by atoms with Gasteiger partial charge in [-0.3, -0.25) is 4.99 Å². The Bertz CT molecular complexity index is 858. The summed E-state index contributed by atoms with van der Waals surface area (Å²) in [5.41, 5.74) is 1.20. The molecule has 0 aromatic heterocycles. The Hall–Kier alpha value is -3.29. The van der Waals surface area contributed by atoms with Crippen molar-refractivity contribution in [1.29, 1.82) is 0 Å². The van der Waals surface area contributed by atoms with E-state index in [1.165, 1.54) is 20.3 Å². The van der Waals surface area contributed by atoms with Gasteiger partial charge < -0.3 is 24.8 Å². The van der Waals surface area contributed by atoms with E-state index in [4.69, 9.17) is 14.2 Å². The number of hydrogen-bond acceptors (Lipinski definition) is 5. The molecular weight excluding hydrogens is 377 g/mol. The fourth-order valence-electron chi connectivity index (χ4n) is 2.58. The third-order valence-corrected chi connectivity index (χ3v) is 4.07. The number of para-hydroxylation sites is 1. The summed E-state index contributed by atoms with van der Waals surface area (Å²) in [5, 5.41) is 6.28.